The molecule has 5 heteroatoms. The highest BCUT2D eigenvalue weighted by Gasteiger charge is 2.25. The van der Waals surface area contributed by atoms with Gasteiger partial charge >= 0.3 is 0 Å². The minimum absolute atomic E-state index is 0.102. The summed E-state index contributed by atoms with van der Waals surface area (Å²) in [5.74, 6) is 0.0960. The Bertz CT molecular complexity index is 453. The lowest BCUT2D eigenvalue weighted by atomic mass is 9.85. The van der Waals surface area contributed by atoms with E-state index in [0.717, 1.165) is 31.2 Å². The second-order valence-electron chi connectivity index (χ2n) is 5.12. The van der Waals surface area contributed by atoms with Gasteiger partial charge in [-0.15, -0.1) is 0 Å². The largest absolute Gasteiger partial charge is 0.396 e. The smallest absolute Gasteiger partial charge is 0.244 e. The van der Waals surface area contributed by atoms with Crippen LogP contribution in [0, 0.1) is 5.92 Å². The van der Waals surface area contributed by atoms with Gasteiger partial charge in [0.25, 0.3) is 0 Å². The first-order valence-electron chi connectivity index (χ1n) is 6.77. The van der Waals surface area contributed by atoms with Crippen LogP contribution < -0.4 is 5.32 Å². The zero-order valence-electron chi connectivity index (χ0n) is 11.2. The van der Waals surface area contributed by atoms with E-state index in [-0.39, 0.29) is 24.5 Å². The summed E-state index contributed by atoms with van der Waals surface area (Å²) < 4.78 is 1.69. The van der Waals surface area contributed by atoms with Crippen LogP contribution >= 0.6 is 0 Å². The highest BCUT2D eigenvalue weighted by molar-refractivity contribution is 5.91. The van der Waals surface area contributed by atoms with E-state index in [1.165, 1.54) is 6.08 Å². The van der Waals surface area contributed by atoms with Crippen LogP contribution in [0.1, 0.15) is 31.2 Å². The summed E-state index contributed by atoms with van der Waals surface area (Å²) in [7, 11) is 1.84. The summed E-state index contributed by atoms with van der Waals surface area (Å²) in [5.41, 5.74) is 0.903. The molecule has 1 aliphatic carbocycles. The number of carbonyl (C=O) groups excluding carboxylic acids is 1. The van der Waals surface area contributed by atoms with Crippen LogP contribution in [0.15, 0.2) is 18.5 Å². The molecule has 1 saturated carbocycles. The van der Waals surface area contributed by atoms with Crippen LogP contribution in [-0.2, 0) is 11.8 Å². The summed E-state index contributed by atoms with van der Waals surface area (Å²) in [6.07, 6.45) is 11.0. The number of hydrogen-bond donors (Lipinski definition) is 2. The summed E-state index contributed by atoms with van der Waals surface area (Å²) >= 11 is 0. The number of carbonyl (C=O) groups is 1. The Labute approximate surface area is 113 Å². The fourth-order valence-electron chi connectivity index (χ4n) is 2.55. The molecule has 0 saturated heterocycles. The van der Waals surface area contributed by atoms with Crippen molar-refractivity contribution >= 4 is 12.0 Å². The van der Waals surface area contributed by atoms with Crippen molar-refractivity contribution < 1.29 is 9.90 Å². The van der Waals surface area contributed by atoms with Crippen LogP contribution in [0.4, 0.5) is 0 Å². The van der Waals surface area contributed by atoms with Crippen molar-refractivity contribution in [2.24, 2.45) is 13.0 Å². The molecule has 2 atom stereocenters. The maximum atomic E-state index is 11.8. The minimum atomic E-state index is -0.103. The number of nitrogens with one attached hydrogen (secondary N) is 1. The van der Waals surface area contributed by atoms with E-state index in [0.29, 0.717) is 0 Å². The third-order valence-electron chi connectivity index (χ3n) is 3.62. The van der Waals surface area contributed by atoms with Gasteiger partial charge in [-0.05, 0) is 18.9 Å². The third kappa shape index (κ3) is 3.92. The molecule has 1 heterocycles. The quantitative estimate of drug-likeness (QED) is 0.799. The number of hydrogen-bond acceptors (Lipinski definition) is 3. The average molecular weight is 263 g/mol. The van der Waals surface area contributed by atoms with E-state index in [9.17, 15) is 9.90 Å². The van der Waals surface area contributed by atoms with E-state index in [1.807, 2.05) is 13.2 Å². The standard InChI is InChI=1S/C14H21N3O2/c1-17-9-11(8-15-17)6-7-14(19)16-13-5-3-2-4-12(13)10-18/h6-9,12-13,18H,2-5,10H2,1H3,(H,16,19)/b7-6+. The predicted molar refractivity (Wildman–Crippen MR) is 73.2 cm³/mol. The van der Waals surface area contributed by atoms with Crippen LogP contribution in [0.5, 0.6) is 0 Å². The molecule has 2 rings (SSSR count). The molecule has 0 bridgehead atoms. The van der Waals surface area contributed by atoms with Gasteiger partial charge in [0.05, 0.1) is 6.20 Å². The molecule has 1 aromatic rings. The van der Waals surface area contributed by atoms with Crippen molar-refractivity contribution in [3.8, 4) is 0 Å². The van der Waals surface area contributed by atoms with Gasteiger partial charge in [0.1, 0.15) is 0 Å². The van der Waals surface area contributed by atoms with Crippen LogP contribution in [0.25, 0.3) is 6.08 Å². The van der Waals surface area contributed by atoms with E-state index in [4.69, 9.17) is 0 Å². The molecule has 2 unspecified atom stereocenters. The lowest BCUT2D eigenvalue weighted by molar-refractivity contribution is -0.117. The van der Waals surface area contributed by atoms with Crippen molar-refractivity contribution in [3.63, 3.8) is 0 Å². The SMILES string of the molecule is Cn1cc(/C=C/C(=O)NC2CCCCC2CO)cn1. The highest BCUT2D eigenvalue weighted by Crippen LogP contribution is 2.23. The molecule has 0 spiro atoms. The highest BCUT2D eigenvalue weighted by atomic mass is 16.3. The maximum absolute atomic E-state index is 11.8. The average Bonchev–Trinajstić information content (AvgIpc) is 2.83. The molecule has 0 aliphatic heterocycles. The minimum Gasteiger partial charge on any atom is -0.396 e. The second kappa shape index (κ2) is 6.52. The molecule has 5 nitrogen and oxygen atoms in total. The normalized spacial score (nSPS) is 23.7. The van der Waals surface area contributed by atoms with Gasteiger partial charge in [0.2, 0.25) is 5.91 Å². The molecule has 104 valence electrons. The van der Waals surface area contributed by atoms with Gasteiger partial charge < -0.3 is 10.4 Å². The molecule has 1 amide bonds. The zero-order chi connectivity index (χ0) is 13.7. The first-order valence-corrected chi connectivity index (χ1v) is 6.77. The van der Waals surface area contributed by atoms with Gasteiger partial charge in [-0.2, -0.15) is 5.10 Å². The zero-order valence-corrected chi connectivity index (χ0v) is 11.2. The molecule has 0 aromatic carbocycles. The first-order chi connectivity index (χ1) is 9.19. The molecule has 19 heavy (non-hydrogen) atoms. The number of amides is 1. The van der Waals surface area contributed by atoms with Crippen LogP contribution in [-0.4, -0.2) is 33.4 Å². The van der Waals surface area contributed by atoms with E-state index < -0.39 is 0 Å². The van der Waals surface area contributed by atoms with Crippen LogP contribution in [0.2, 0.25) is 0 Å². The summed E-state index contributed by atoms with van der Waals surface area (Å²) in [6, 6.07) is 0.102. The molecule has 1 aromatic heterocycles. The van der Waals surface area contributed by atoms with E-state index >= 15 is 0 Å². The monoisotopic (exact) mass is 263 g/mol. The second-order valence-corrected chi connectivity index (χ2v) is 5.12. The third-order valence-corrected chi connectivity index (χ3v) is 3.62. The van der Waals surface area contributed by atoms with Crippen molar-refractivity contribution in [2.45, 2.75) is 31.7 Å². The van der Waals surface area contributed by atoms with Gasteiger partial charge in [0.15, 0.2) is 0 Å². The summed E-state index contributed by atoms with van der Waals surface area (Å²) in [6.45, 7) is 0.150. The predicted octanol–water partition coefficient (Wildman–Crippen LogP) is 1.10. The van der Waals surface area contributed by atoms with Gasteiger partial charge in [-0.1, -0.05) is 12.8 Å². The maximum Gasteiger partial charge on any atom is 0.244 e. The Morgan fingerprint density at radius 1 is 1.58 bits per heavy atom. The lowest BCUT2D eigenvalue weighted by Gasteiger charge is -2.30. The number of aromatic nitrogens is 2. The molecule has 2 N–H and O–H groups in total. The lowest BCUT2D eigenvalue weighted by Crippen LogP contribution is -2.42. The topological polar surface area (TPSA) is 67.2 Å². The van der Waals surface area contributed by atoms with Gasteiger partial charge in [0, 0.05) is 43.5 Å². The Hall–Kier alpha value is -1.62. The van der Waals surface area contributed by atoms with E-state index in [1.54, 1.807) is 17.0 Å². The van der Waals surface area contributed by atoms with Crippen molar-refractivity contribution in [1.82, 2.24) is 15.1 Å². The molecular weight excluding hydrogens is 242 g/mol. The van der Waals surface area contributed by atoms with E-state index in [2.05, 4.69) is 10.4 Å². The first kappa shape index (κ1) is 13.8. The number of aliphatic hydroxyl groups excluding tert-OH is 1. The Morgan fingerprint density at radius 3 is 3.05 bits per heavy atom. The van der Waals surface area contributed by atoms with Gasteiger partial charge in [-0.25, -0.2) is 0 Å². The summed E-state index contributed by atoms with van der Waals surface area (Å²) in [5, 5.41) is 16.3. The van der Waals surface area contributed by atoms with Crippen molar-refractivity contribution in [2.75, 3.05) is 6.61 Å². The number of aliphatic hydroxyl groups is 1. The molecule has 1 fully saturated rings. The fraction of sp³-hybridized carbons (Fsp3) is 0.571. The Morgan fingerprint density at radius 2 is 2.37 bits per heavy atom. The number of rotatable bonds is 4. The summed E-state index contributed by atoms with van der Waals surface area (Å²) in [4.78, 5) is 11.8. The Kier molecular flexibility index (Phi) is 4.74. The van der Waals surface area contributed by atoms with Crippen molar-refractivity contribution in [1.29, 1.82) is 0 Å². The fourth-order valence-corrected chi connectivity index (χ4v) is 2.55. The van der Waals surface area contributed by atoms with Crippen molar-refractivity contribution in [3.05, 3.63) is 24.0 Å². The Balaban J connectivity index is 1.88. The molecule has 0 radical (unpaired) electrons. The van der Waals surface area contributed by atoms with Crippen LogP contribution in [0.3, 0.4) is 0 Å². The molecule has 1 aliphatic rings. The number of aryl methyl sites for hydroxylation is 1. The molecular formula is C14H21N3O2. The number of nitrogens with zero attached hydrogens (tertiary/aromatic N) is 2. The van der Waals surface area contributed by atoms with Gasteiger partial charge in [-0.3, -0.25) is 9.48 Å².